The fourth-order valence-electron chi connectivity index (χ4n) is 2.49. The number of nitrogens with zero attached hydrogens (tertiary/aromatic N) is 2. The lowest BCUT2D eigenvalue weighted by Gasteiger charge is -2.40. The molecule has 0 aliphatic carbocycles. The van der Waals surface area contributed by atoms with Gasteiger partial charge in [-0.25, -0.2) is 0 Å². The van der Waals surface area contributed by atoms with E-state index in [9.17, 15) is 9.59 Å². The highest BCUT2D eigenvalue weighted by Crippen LogP contribution is 2.18. The fraction of sp³-hybridized carbons (Fsp3) is 0.467. The van der Waals surface area contributed by atoms with Gasteiger partial charge in [0, 0.05) is 25.7 Å². The van der Waals surface area contributed by atoms with E-state index >= 15 is 0 Å². The molecule has 1 aliphatic heterocycles. The molecule has 0 radical (unpaired) electrons. The van der Waals surface area contributed by atoms with E-state index in [2.05, 4.69) is 6.58 Å². The molecule has 1 unspecified atom stereocenters. The second kappa shape index (κ2) is 5.94. The van der Waals surface area contributed by atoms with Crippen LogP contribution < -0.4 is 0 Å². The monoisotopic (exact) mass is 276 g/mol. The van der Waals surface area contributed by atoms with Crippen molar-refractivity contribution in [2.75, 3.05) is 19.6 Å². The lowest BCUT2D eigenvalue weighted by Crippen LogP contribution is -2.56. The normalized spacial score (nSPS) is 19.0. The van der Waals surface area contributed by atoms with Crippen LogP contribution >= 0.6 is 0 Å². The molecule has 2 rings (SSSR count). The van der Waals surface area contributed by atoms with E-state index in [1.807, 2.05) is 13.8 Å². The number of piperazine rings is 1. The Kier molecular flexibility index (Phi) is 4.27. The predicted molar refractivity (Wildman–Crippen MR) is 75.3 cm³/mol. The summed E-state index contributed by atoms with van der Waals surface area (Å²) in [5, 5.41) is 0. The second-order valence-corrected chi connectivity index (χ2v) is 4.96. The van der Waals surface area contributed by atoms with Gasteiger partial charge in [-0.3, -0.25) is 9.59 Å². The Morgan fingerprint density at radius 1 is 1.45 bits per heavy atom. The standard InChI is InChI=1S/C15H20N2O3/c1-4-12-10-16(14(18)5-2)8-9-17(12)15(19)13-7-6-11(3)20-13/h5-7,12H,2,4,8-10H2,1,3H3. The lowest BCUT2D eigenvalue weighted by atomic mass is 10.1. The number of carbonyl (C=O) groups excluding carboxylic acids is 2. The van der Waals surface area contributed by atoms with Gasteiger partial charge in [-0.05, 0) is 31.6 Å². The number of hydrogen-bond donors (Lipinski definition) is 0. The second-order valence-electron chi connectivity index (χ2n) is 4.96. The van der Waals surface area contributed by atoms with Crippen molar-refractivity contribution in [2.45, 2.75) is 26.3 Å². The largest absolute Gasteiger partial charge is 0.456 e. The van der Waals surface area contributed by atoms with Gasteiger partial charge < -0.3 is 14.2 Å². The van der Waals surface area contributed by atoms with Crippen LogP contribution in [0, 0.1) is 6.92 Å². The quantitative estimate of drug-likeness (QED) is 0.792. The van der Waals surface area contributed by atoms with Crippen LogP contribution in [0.1, 0.15) is 29.7 Å². The first-order chi connectivity index (χ1) is 9.56. The Morgan fingerprint density at radius 2 is 2.20 bits per heavy atom. The van der Waals surface area contributed by atoms with Crippen LogP contribution in [-0.4, -0.2) is 47.3 Å². The summed E-state index contributed by atoms with van der Waals surface area (Å²) < 4.78 is 5.40. The van der Waals surface area contributed by atoms with Crippen molar-refractivity contribution in [3.63, 3.8) is 0 Å². The van der Waals surface area contributed by atoms with Crippen LogP contribution in [0.4, 0.5) is 0 Å². The zero-order chi connectivity index (χ0) is 14.7. The molecule has 2 amide bonds. The summed E-state index contributed by atoms with van der Waals surface area (Å²) in [4.78, 5) is 27.6. The molecule has 2 heterocycles. The number of furan rings is 1. The van der Waals surface area contributed by atoms with Gasteiger partial charge in [-0.2, -0.15) is 0 Å². The number of aryl methyl sites for hydroxylation is 1. The Labute approximate surface area is 118 Å². The Hall–Kier alpha value is -2.04. The van der Waals surface area contributed by atoms with Crippen LogP contribution in [0.2, 0.25) is 0 Å². The Bertz CT molecular complexity index is 521. The zero-order valence-corrected chi connectivity index (χ0v) is 12.0. The van der Waals surface area contributed by atoms with Gasteiger partial charge in [0.25, 0.3) is 5.91 Å². The molecule has 5 heteroatoms. The molecule has 1 aliphatic rings. The molecule has 0 saturated carbocycles. The highest BCUT2D eigenvalue weighted by atomic mass is 16.3. The maximum Gasteiger partial charge on any atom is 0.289 e. The van der Waals surface area contributed by atoms with Crippen molar-refractivity contribution in [2.24, 2.45) is 0 Å². The van der Waals surface area contributed by atoms with Crippen molar-refractivity contribution in [1.82, 2.24) is 9.80 Å². The molecule has 5 nitrogen and oxygen atoms in total. The first-order valence-corrected chi connectivity index (χ1v) is 6.85. The molecule has 0 aromatic carbocycles. The maximum absolute atomic E-state index is 12.4. The highest BCUT2D eigenvalue weighted by molar-refractivity contribution is 5.92. The fourth-order valence-corrected chi connectivity index (χ4v) is 2.49. The molecule has 1 fully saturated rings. The minimum absolute atomic E-state index is 0.0190. The average Bonchev–Trinajstić information content (AvgIpc) is 2.91. The third-order valence-corrected chi connectivity index (χ3v) is 3.65. The summed E-state index contributed by atoms with van der Waals surface area (Å²) in [7, 11) is 0. The zero-order valence-electron chi connectivity index (χ0n) is 12.0. The van der Waals surface area contributed by atoms with Gasteiger partial charge >= 0.3 is 0 Å². The van der Waals surface area contributed by atoms with E-state index in [0.29, 0.717) is 25.4 Å². The third kappa shape index (κ3) is 2.76. The van der Waals surface area contributed by atoms with Crippen molar-refractivity contribution >= 4 is 11.8 Å². The molecule has 0 bridgehead atoms. The smallest absolute Gasteiger partial charge is 0.289 e. The van der Waals surface area contributed by atoms with E-state index < -0.39 is 0 Å². The van der Waals surface area contributed by atoms with Gasteiger partial charge in [0.2, 0.25) is 5.91 Å². The highest BCUT2D eigenvalue weighted by Gasteiger charge is 2.32. The Balaban J connectivity index is 2.11. The van der Waals surface area contributed by atoms with Crippen LogP contribution in [-0.2, 0) is 4.79 Å². The first-order valence-electron chi connectivity index (χ1n) is 6.85. The number of hydrogen-bond acceptors (Lipinski definition) is 3. The van der Waals surface area contributed by atoms with Crippen LogP contribution in [0.25, 0.3) is 0 Å². The van der Waals surface area contributed by atoms with Crippen LogP contribution in [0.15, 0.2) is 29.2 Å². The van der Waals surface area contributed by atoms with Crippen molar-refractivity contribution in [3.05, 3.63) is 36.3 Å². The van der Waals surface area contributed by atoms with Crippen LogP contribution in [0.3, 0.4) is 0 Å². The maximum atomic E-state index is 12.4. The molecule has 0 N–H and O–H groups in total. The molecule has 1 aromatic heterocycles. The third-order valence-electron chi connectivity index (χ3n) is 3.65. The molecule has 108 valence electrons. The molecule has 1 aromatic rings. The molecule has 1 atom stereocenters. The number of carbonyl (C=O) groups is 2. The van der Waals surface area contributed by atoms with Crippen molar-refractivity contribution in [1.29, 1.82) is 0 Å². The first kappa shape index (κ1) is 14.4. The summed E-state index contributed by atoms with van der Waals surface area (Å²) in [5.74, 6) is 0.909. The van der Waals surface area contributed by atoms with E-state index in [4.69, 9.17) is 4.42 Å². The summed E-state index contributed by atoms with van der Waals surface area (Å²) in [5.41, 5.74) is 0. The number of amides is 2. The lowest BCUT2D eigenvalue weighted by molar-refractivity contribution is -0.128. The van der Waals surface area contributed by atoms with Crippen LogP contribution in [0.5, 0.6) is 0 Å². The van der Waals surface area contributed by atoms with Gasteiger partial charge in [-0.1, -0.05) is 13.5 Å². The molecule has 20 heavy (non-hydrogen) atoms. The van der Waals surface area contributed by atoms with Gasteiger partial charge in [0.1, 0.15) is 5.76 Å². The van der Waals surface area contributed by atoms with Gasteiger partial charge in [0.05, 0.1) is 0 Å². The SMILES string of the molecule is C=CC(=O)N1CCN(C(=O)c2ccc(C)o2)C(CC)C1. The topological polar surface area (TPSA) is 53.8 Å². The number of rotatable bonds is 3. The molecular weight excluding hydrogens is 256 g/mol. The molecular formula is C15H20N2O3. The van der Waals surface area contributed by atoms with E-state index in [-0.39, 0.29) is 17.9 Å². The minimum atomic E-state index is -0.101. The summed E-state index contributed by atoms with van der Waals surface area (Å²) in [6.07, 6.45) is 2.12. The van der Waals surface area contributed by atoms with E-state index in [1.54, 1.807) is 21.9 Å². The van der Waals surface area contributed by atoms with Crippen molar-refractivity contribution in [3.8, 4) is 0 Å². The summed E-state index contributed by atoms with van der Waals surface area (Å²) >= 11 is 0. The molecule has 1 saturated heterocycles. The Morgan fingerprint density at radius 3 is 2.75 bits per heavy atom. The van der Waals surface area contributed by atoms with E-state index in [1.165, 1.54) is 6.08 Å². The van der Waals surface area contributed by atoms with Gasteiger partial charge in [0.15, 0.2) is 5.76 Å². The summed E-state index contributed by atoms with van der Waals surface area (Å²) in [6.45, 7) is 8.94. The van der Waals surface area contributed by atoms with E-state index in [0.717, 1.165) is 12.2 Å². The molecule has 0 spiro atoms. The predicted octanol–water partition coefficient (Wildman–Crippen LogP) is 1.84. The van der Waals surface area contributed by atoms with Gasteiger partial charge in [-0.15, -0.1) is 0 Å². The minimum Gasteiger partial charge on any atom is -0.456 e. The summed E-state index contributed by atoms with van der Waals surface area (Å²) in [6, 6.07) is 3.50. The average molecular weight is 276 g/mol. The van der Waals surface area contributed by atoms with Crippen molar-refractivity contribution < 1.29 is 14.0 Å².